The quantitative estimate of drug-likeness (QED) is 0.558. The zero-order valence-electron chi connectivity index (χ0n) is 9.71. The van der Waals surface area contributed by atoms with Crippen LogP contribution in [0.1, 0.15) is 13.3 Å². The Kier molecular flexibility index (Phi) is 4.50. The van der Waals surface area contributed by atoms with Crippen LogP contribution in [0.4, 0.5) is 0 Å². The summed E-state index contributed by atoms with van der Waals surface area (Å²) in [5.74, 6) is -1.50. The maximum atomic E-state index is 11.9. The highest BCUT2D eigenvalue weighted by Gasteiger charge is 2.53. The highest BCUT2D eigenvalue weighted by Crippen LogP contribution is 2.59. The van der Waals surface area contributed by atoms with Crippen molar-refractivity contribution in [2.24, 2.45) is 17.6 Å². The van der Waals surface area contributed by atoms with Crippen LogP contribution in [0.25, 0.3) is 0 Å². The minimum Gasteiger partial charge on any atom is -0.466 e. The molecule has 0 aromatic rings. The Morgan fingerprint density at radius 1 is 1.50 bits per heavy atom. The first-order valence-corrected chi connectivity index (χ1v) is 6.74. The summed E-state index contributed by atoms with van der Waals surface area (Å²) in [5.41, 5.74) is 5.78. The van der Waals surface area contributed by atoms with Gasteiger partial charge in [-0.05, 0) is 19.3 Å². The van der Waals surface area contributed by atoms with E-state index in [1.165, 1.54) is 14.2 Å². The van der Waals surface area contributed by atoms with Gasteiger partial charge in [-0.15, -0.1) is 0 Å². The van der Waals surface area contributed by atoms with Crippen LogP contribution in [0.5, 0.6) is 0 Å². The molecule has 0 saturated heterocycles. The second kappa shape index (κ2) is 5.27. The van der Waals surface area contributed by atoms with Crippen molar-refractivity contribution in [3.8, 4) is 0 Å². The van der Waals surface area contributed by atoms with Crippen LogP contribution >= 0.6 is 7.60 Å². The lowest BCUT2D eigenvalue weighted by atomic mass is 10.3. The van der Waals surface area contributed by atoms with Crippen LogP contribution in [0.3, 0.4) is 0 Å². The van der Waals surface area contributed by atoms with Gasteiger partial charge in [0.1, 0.15) is 5.78 Å². The van der Waals surface area contributed by atoms with Gasteiger partial charge in [0.05, 0.1) is 12.5 Å². The summed E-state index contributed by atoms with van der Waals surface area (Å²) < 4.78 is 26.4. The molecule has 1 saturated carbocycles. The molecule has 0 spiro atoms. The van der Waals surface area contributed by atoms with Crippen molar-refractivity contribution in [2.45, 2.75) is 19.1 Å². The molecule has 1 aliphatic carbocycles. The minimum absolute atomic E-state index is 0.176. The predicted octanol–water partition coefficient (Wildman–Crippen LogP) is 0.956. The fourth-order valence-electron chi connectivity index (χ4n) is 1.66. The van der Waals surface area contributed by atoms with E-state index in [2.05, 4.69) is 0 Å². The molecule has 0 bridgehead atoms. The molecule has 0 amide bonds. The third-order valence-electron chi connectivity index (χ3n) is 2.74. The van der Waals surface area contributed by atoms with Gasteiger partial charge in [0, 0.05) is 14.2 Å². The lowest BCUT2D eigenvalue weighted by Crippen LogP contribution is -2.26. The first kappa shape index (κ1) is 13.6. The van der Waals surface area contributed by atoms with Gasteiger partial charge in [0.25, 0.3) is 0 Å². The molecular formula is C9H18NO5P. The number of carbonyl (C=O) groups is 1. The SMILES string of the molecule is CCOC(=O)[C@@H]1C[C@H]1[C@@H](N)P(=O)(OC)OC. The lowest BCUT2D eigenvalue weighted by molar-refractivity contribution is -0.145. The fourth-order valence-corrected chi connectivity index (χ4v) is 3.10. The van der Waals surface area contributed by atoms with Gasteiger partial charge < -0.3 is 19.5 Å². The Labute approximate surface area is 95.0 Å². The van der Waals surface area contributed by atoms with Crippen LogP contribution < -0.4 is 5.73 Å². The van der Waals surface area contributed by atoms with E-state index in [0.29, 0.717) is 13.0 Å². The van der Waals surface area contributed by atoms with Crippen LogP contribution in [0.15, 0.2) is 0 Å². The summed E-state index contributed by atoms with van der Waals surface area (Å²) in [5, 5.41) is 0. The molecule has 1 aliphatic rings. The molecule has 16 heavy (non-hydrogen) atoms. The number of hydrogen-bond donors (Lipinski definition) is 1. The van der Waals surface area contributed by atoms with Gasteiger partial charge in [0.2, 0.25) is 0 Å². The van der Waals surface area contributed by atoms with Gasteiger partial charge in [-0.1, -0.05) is 0 Å². The molecule has 0 unspecified atom stereocenters. The molecule has 0 heterocycles. The van der Waals surface area contributed by atoms with Gasteiger partial charge >= 0.3 is 13.6 Å². The first-order chi connectivity index (χ1) is 7.50. The predicted molar refractivity (Wildman–Crippen MR) is 57.8 cm³/mol. The Hall–Kier alpha value is -0.420. The van der Waals surface area contributed by atoms with E-state index >= 15 is 0 Å². The van der Waals surface area contributed by atoms with Crippen molar-refractivity contribution in [1.29, 1.82) is 0 Å². The Morgan fingerprint density at radius 2 is 2.06 bits per heavy atom. The van der Waals surface area contributed by atoms with Crippen LogP contribution in [0, 0.1) is 11.8 Å². The zero-order valence-corrected chi connectivity index (χ0v) is 10.6. The van der Waals surface area contributed by atoms with Gasteiger partial charge in [-0.25, -0.2) is 0 Å². The fraction of sp³-hybridized carbons (Fsp3) is 0.889. The molecule has 3 atom stereocenters. The van der Waals surface area contributed by atoms with E-state index in [0.717, 1.165) is 0 Å². The lowest BCUT2D eigenvalue weighted by Gasteiger charge is -2.20. The highest BCUT2D eigenvalue weighted by molar-refractivity contribution is 7.54. The van der Waals surface area contributed by atoms with Crippen molar-refractivity contribution in [1.82, 2.24) is 0 Å². The molecule has 0 aromatic heterocycles. The van der Waals surface area contributed by atoms with Crippen LogP contribution in [-0.4, -0.2) is 32.6 Å². The summed E-state index contributed by atoms with van der Waals surface area (Å²) in [4.78, 5) is 11.4. The van der Waals surface area contributed by atoms with Crippen molar-refractivity contribution in [3.05, 3.63) is 0 Å². The third kappa shape index (κ3) is 2.63. The average molecular weight is 251 g/mol. The maximum Gasteiger partial charge on any atom is 0.346 e. The average Bonchev–Trinajstić information content (AvgIpc) is 3.07. The number of ether oxygens (including phenoxy) is 1. The van der Waals surface area contributed by atoms with E-state index in [1.54, 1.807) is 6.92 Å². The smallest absolute Gasteiger partial charge is 0.346 e. The standard InChI is InChI=1S/C9H18NO5P/c1-4-15-9(11)7-5-6(7)8(10)16(12,13-2)14-3/h6-8H,4-5,10H2,1-3H3/t6-,7-,8+/m1/s1. The topological polar surface area (TPSA) is 87.9 Å². The minimum atomic E-state index is -3.29. The molecule has 1 rings (SSSR count). The van der Waals surface area contributed by atoms with Crippen molar-refractivity contribution in [3.63, 3.8) is 0 Å². The second-order valence-corrected chi connectivity index (χ2v) is 6.06. The molecule has 6 nitrogen and oxygen atoms in total. The van der Waals surface area contributed by atoms with Crippen molar-refractivity contribution < 1.29 is 23.1 Å². The zero-order chi connectivity index (χ0) is 12.3. The summed E-state index contributed by atoms with van der Waals surface area (Å²) in [6.07, 6.45) is 0.580. The second-order valence-electron chi connectivity index (χ2n) is 3.65. The van der Waals surface area contributed by atoms with Crippen LogP contribution in [-0.2, 0) is 23.1 Å². The number of hydrogen-bond acceptors (Lipinski definition) is 6. The van der Waals surface area contributed by atoms with Gasteiger partial charge in [0.15, 0.2) is 0 Å². The number of carbonyl (C=O) groups excluding carboxylic acids is 1. The first-order valence-electron chi connectivity index (χ1n) is 5.13. The molecular weight excluding hydrogens is 233 g/mol. The van der Waals surface area contributed by atoms with Gasteiger partial charge in [-0.3, -0.25) is 9.36 Å². The Morgan fingerprint density at radius 3 is 2.50 bits per heavy atom. The molecule has 2 N–H and O–H groups in total. The Balaban J connectivity index is 2.56. The maximum absolute atomic E-state index is 11.9. The molecule has 1 fully saturated rings. The van der Waals surface area contributed by atoms with E-state index in [-0.39, 0.29) is 17.8 Å². The van der Waals surface area contributed by atoms with Crippen molar-refractivity contribution >= 4 is 13.6 Å². The normalized spacial score (nSPS) is 26.2. The highest BCUT2D eigenvalue weighted by atomic mass is 31.2. The number of esters is 1. The summed E-state index contributed by atoms with van der Waals surface area (Å²) >= 11 is 0. The molecule has 0 radical (unpaired) electrons. The molecule has 7 heteroatoms. The van der Waals surface area contributed by atoms with E-state index in [9.17, 15) is 9.36 Å². The summed E-state index contributed by atoms with van der Waals surface area (Å²) in [6.45, 7) is 2.08. The number of rotatable bonds is 6. The third-order valence-corrected chi connectivity index (χ3v) is 4.87. The van der Waals surface area contributed by atoms with E-state index < -0.39 is 13.4 Å². The van der Waals surface area contributed by atoms with E-state index in [1.807, 2.05) is 0 Å². The van der Waals surface area contributed by atoms with Crippen molar-refractivity contribution in [2.75, 3.05) is 20.8 Å². The van der Waals surface area contributed by atoms with Crippen LogP contribution in [0.2, 0.25) is 0 Å². The molecule has 0 aliphatic heterocycles. The summed E-state index contributed by atoms with van der Waals surface area (Å²) in [7, 11) is -0.725. The molecule has 94 valence electrons. The monoisotopic (exact) mass is 251 g/mol. The summed E-state index contributed by atoms with van der Waals surface area (Å²) in [6, 6.07) is 0. The van der Waals surface area contributed by atoms with Gasteiger partial charge in [-0.2, -0.15) is 0 Å². The largest absolute Gasteiger partial charge is 0.466 e. The molecule has 0 aromatic carbocycles. The van der Waals surface area contributed by atoms with E-state index in [4.69, 9.17) is 19.5 Å². The Bertz CT molecular complexity index is 300. The number of nitrogens with two attached hydrogens (primary N) is 1.